The summed E-state index contributed by atoms with van der Waals surface area (Å²) in [5.41, 5.74) is 0.221. The number of pyridine rings is 1. The lowest BCUT2D eigenvalue weighted by Crippen LogP contribution is -2.17. The molecule has 0 aliphatic heterocycles. The summed E-state index contributed by atoms with van der Waals surface area (Å²) in [6, 6.07) is 4.36. The highest BCUT2D eigenvalue weighted by atomic mass is 19.1. The number of hydrogen-bond acceptors (Lipinski definition) is 3. The molecule has 6 heteroatoms. The second kappa shape index (κ2) is 4.95. The quantitative estimate of drug-likeness (QED) is 0.847. The number of anilines is 1. The van der Waals surface area contributed by atoms with E-state index < -0.39 is 11.9 Å². The minimum Gasteiger partial charge on any atom is -0.307 e. The molecule has 0 spiro atoms. The zero-order valence-electron chi connectivity index (χ0n) is 10.1. The number of carbonyl (C=O) groups excluding carboxylic acids is 1. The van der Waals surface area contributed by atoms with Crippen LogP contribution in [0.4, 0.5) is 10.2 Å². The van der Waals surface area contributed by atoms with E-state index in [2.05, 4.69) is 15.4 Å². The third-order valence-corrected chi connectivity index (χ3v) is 2.39. The average molecular weight is 248 g/mol. The molecule has 2 heterocycles. The summed E-state index contributed by atoms with van der Waals surface area (Å²) in [5, 5.41) is 6.78. The molecule has 0 bridgehead atoms. The highest BCUT2D eigenvalue weighted by Gasteiger charge is 2.11. The highest BCUT2D eigenvalue weighted by molar-refractivity contribution is 6.03. The molecule has 2 aromatic rings. The fourth-order valence-corrected chi connectivity index (χ4v) is 1.56. The molecule has 2 rings (SSSR count). The van der Waals surface area contributed by atoms with Gasteiger partial charge in [0.05, 0.1) is 6.20 Å². The lowest BCUT2D eigenvalue weighted by molar-refractivity contribution is 0.102. The standard InChI is InChI=1S/C12H13FN4O/c1-8(2)17-11(4-6-15-17)16-12(18)9-3-5-14-10(13)7-9/h3-8H,1-2H3,(H,16,18). The summed E-state index contributed by atoms with van der Waals surface area (Å²) in [7, 11) is 0. The third kappa shape index (κ3) is 2.53. The van der Waals surface area contributed by atoms with Gasteiger partial charge in [-0.3, -0.25) is 4.79 Å². The molecular formula is C12H13FN4O. The van der Waals surface area contributed by atoms with Crippen molar-refractivity contribution in [2.45, 2.75) is 19.9 Å². The first-order valence-corrected chi connectivity index (χ1v) is 5.54. The number of halogens is 1. The Hall–Kier alpha value is -2.24. The van der Waals surface area contributed by atoms with Gasteiger partial charge in [0.15, 0.2) is 0 Å². The topological polar surface area (TPSA) is 59.8 Å². The maximum atomic E-state index is 12.9. The minimum absolute atomic E-state index is 0.129. The molecular weight excluding hydrogens is 235 g/mol. The summed E-state index contributed by atoms with van der Waals surface area (Å²) in [6.45, 7) is 3.91. The molecule has 18 heavy (non-hydrogen) atoms. The molecule has 0 fully saturated rings. The van der Waals surface area contributed by atoms with Crippen molar-refractivity contribution in [3.63, 3.8) is 0 Å². The van der Waals surface area contributed by atoms with Gasteiger partial charge in [-0.05, 0) is 19.9 Å². The molecule has 94 valence electrons. The van der Waals surface area contributed by atoms with Crippen molar-refractivity contribution >= 4 is 11.7 Å². The van der Waals surface area contributed by atoms with Gasteiger partial charge in [-0.15, -0.1) is 0 Å². The van der Waals surface area contributed by atoms with Gasteiger partial charge >= 0.3 is 0 Å². The van der Waals surface area contributed by atoms with Crippen LogP contribution < -0.4 is 5.32 Å². The fourth-order valence-electron chi connectivity index (χ4n) is 1.56. The number of amides is 1. The predicted molar refractivity (Wildman–Crippen MR) is 64.8 cm³/mol. The van der Waals surface area contributed by atoms with Crippen molar-refractivity contribution in [3.05, 3.63) is 42.1 Å². The zero-order chi connectivity index (χ0) is 13.1. The van der Waals surface area contributed by atoms with Gasteiger partial charge in [-0.25, -0.2) is 9.67 Å². The minimum atomic E-state index is -0.681. The number of aromatic nitrogens is 3. The van der Waals surface area contributed by atoms with Gasteiger partial charge in [0, 0.05) is 29.9 Å². The Morgan fingerprint density at radius 3 is 2.83 bits per heavy atom. The second-order valence-electron chi connectivity index (χ2n) is 4.08. The van der Waals surface area contributed by atoms with Crippen LogP contribution in [0.15, 0.2) is 30.6 Å². The molecule has 1 amide bonds. The Morgan fingerprint density at radius 1 is 1.39 bits per heavy atom. The van der Waals surface area contributed by atoms with Crippen LogP contribution in [0.25, 0.3) is 0 Å². The molecule has 0 aromatic carbocycles. The van der Waals surface area contributed by atoms with Crippen molar-refractivity contribution in [1.82, 2.24) is 14.8 Å². The zero-order valence-corrected chi connectivity index (χ0v) is 10.1. The normalized spacial score (nSPS) is 10.7. The maximum absolute atomic E-state index is 12.9. The van der Waals surface area contributed by atoms with Crippen LogP contribution in [-0.2, 0) is 0 Å². The predicted octanol–water partition coefficient (Wildman–Crippen LogP) is 2.25. The molecule has 0 aliphatic rings. The van der Waals surface area contributed by atoms with E-state index >= 15 is 0 Å². The van der Waals surface area contributed by atoms with E-state index in [0.717, 1.165) is 6.07 Å². The molecule has 5 nitrogen and oxygen atoms in total. The van der Waals surface area contributed by atoms with Crippen LogP contribution in [0, 0.1) is 5.95 Å². The maximum Gasteiger partial charge on any atom is 0.257 e. The van der Waals surface area contributed by atoms with Gasteiger partial charge in [0.1, 0.15) is 5.82 Å². The first-order chi connectivity index (χ1) is 8.58. The van der Waals surface area contributed by atoms with Crippen LogP contribution >= 0.6 is 0 Å². The van der Waals surface area contributed by atoms with Crippen molar-refractivity contribution in [2.24, 2.45) is 0 Å². The molecule has 0 atom stereocenters. The first kappa shape index (κ1) is 12.2. The Bertz CT molecular complexity index is 565. The van der Waals surface area contributed by atoms with Crippen LogP contribution in [-0.4, -0.2) is 20.7 Å². The first-order valence-electron chi connectivity index (χ1n) is 5.54. The van der Waals surface area contributed by atoms with E-state index in [4.69, 9.17) is 0 Å². The van der Waals surface area contributed by atoms with Gasteiger partial charge < -0.3 is 5.32 Å². The third-order valence-electron chi connectivity index (χ3n) is 2.39. The summed E-state index contributed by atoms with van der Waals surface area (Å²) in [5.74, 6) is -0.495. The summed E-state index contributed by atoms with van der Waals surface area (Å²) < 4.78 is 14.6. The molecule has 0 saturated heterocycles. The molecule has 0 saturated carbocycles. The van der Waals surface area contributed by atoms with E-state index in [1.807, 2.05) is 13.8 Å². The number of nitrogens with zero attached hydrogens (tertiary/aromatic N) is 3. The van der Waals surface area contributed by atoms with Gasteiger partial charge in [0.25, 0.3) is 5.91 Å². The number of carbonyl (C=O) groups is 1. The molecule has 2 aromatic heterocycles. The van der Waals surface area contributed by atoms with Crippen molar-refractivity contribution < 1.29 is 9.18 Å². The van der Waals surface area contributed by atoms with Crippen LogP contribution in [0.2, 0.25) is 0 Å². The molecule has 0 aliphatic carbocycles. The van der Waals surface area contributed by atoms with Gasteiger partial charge in [-0.1, -0.05) is 0 Å². The van der Waals surface area contributed by atoms with E-state index in [1.165, 1.54) is 12.3 Å². The number of rotatable bonds is 3. The number of hydrogen-bond donors (Lipinski definition) is 1. The van der Waals surface area contributed by atoms with Gasteiger partial charge in [0.2, 0.25) is 5.95 Å². The lowest BCUT2D eigenvalue weighted by atomic mass is 10.2. The van der Waals surface area contributed by atoms with E-state index in [0.29, 0.717) is 5.82 Å². The van der Waals surface area contributed by atoms with E-state index in [1.54, 1.807) is 16.9 Å². The van der Waals surface area contributed by atoms with Crippen molar-refractivity contribution in [3.8, 4) is 0 Å². The Morgan fingerprint density at radius 2 is 2.17 bits per heavy atom. The summed E-state index contributed by atoms with van der Waals surface area (Å²) in [6.07, 6.45) is 2.85. The summed E-state index contributed by atoms with van der Waals surface area (Å²) >= 11 is 0. The molecule has 1 N–H and O–H groups in total. The van der Waals surface area contributed by atoms with E-state index in [9.17, 15) is 9.18 Å². The summed E-state index contributed by atoms with van der Waals surface area (Å²) in [4.78, 5) is 15.3. The van der Waals surface area contributed by atoms with Gasteiger partial charge in [-0.2, -0.15) is 9.49 Å². The SMILES string of the molecule is CC(C)n1nccc1NC(=O)c1ccnc(F)c1. The molecule has 0 unspecified atom stereocenters. The highest BCUT2D eigenvalue weighted by Crippen LogP contribution is 2.14. The Balaban J connectivity index is 2.19. The lowest BCUT2D eigenvalue weighted by Gasteiger charge is -2.11. The van der Waals surface area contributed by atoms with Crippen molar-refractivity contribution in [1.29, 1.82) is 0 Å². The van der Waals surface area contributed by atoms with E-state index in [-0.39, 0.29) is 11.6 Å². The van der Waals surface area contributed by atoms with Crippen LogP contribution in [0.1, 0.15) is 30.2 Å². The van der Waals surface area contributed by atoms with Crippen LogP contribution in [0.3, 0.4) is 0 Å². The second-order valence-corrected chi connectivity index (χ2v) is 4.08. The fraction of sp³-hybridized carbons (Fsp3) is 0.250. The largest absolute Gasteiger partial charge is 0.307 e. The Kier molecular flexibility index (Phi) is 3.36. The monoisotopic (exact) mass is 248 g/mol. The Labute approximate surface area is 104 Å². The molecule has 0 radical (unpaired) electrons. The van der Waals surface area contributed by atoms with Crippen molar-refractivity contribution in [2.75, 3.05) is 5.32 Å². The average Bonchev–Trinajstić information content (AvgIpc) is 2.77. The van der Waals surface area contributed by atoms with Crippen LogP contribution in [0.5, 0.6) is 0 Å². The number of nitrogens with one attached hydrogen (secondary N) is 1. The smallest absolute Gasteiger partial charge is 0.257 e.